The van der Waals surface area contributed by atoms with Gasteiger partial charge in [-0.25, -0.2) is 0 Å². The van der Waals surface area contributed by atoms with Crippen molar-refractivity contribution in [1.82, 2.24) is 0 Å². The van der Waals surface area contributed by atoms with Gasteiger partial charge in [0.1, 0.15) is 0 Å². The fourth-order valence-corrected chi connectivity index (χ4v) is 2.93. The fourth-order valence-electron chi connectivity index (χ4n) is 2.93. The number of likely N-dealkylation sites (N-methyl/N-ethyl adjacent to an activating group) is 1. The first kappa shape index (κ1) is 13.1. The van der Waals surface area contributed by atoms with E-state index in [0.717, 1.165) is 12.8 Å². The Labute approximate surface area is 110 Å². The Morgan fingerprint density at radius 2 is 1.94 bits per heavy atom. The van der Waals surface area contributed by atoms with Crippen LogP contribution in [0.1, 0.15) is 36.8 Å². The van der Waals surface area contributed by atoms with Gasteiger partial charge in [0.25, 0.3) is 0 Å². The fraction of sp³-hybridized carbons (Fsp3) is 0.562. The molecule has 2 nitrogen and oxygen atoms in total. The molecule has 0 aliphatic heterocycles. The summed E-state index contributed by atoms with van der Waals surface area (Å²) >= 11 is 0. The van der Waals surface area contributed by atoms with Crippen molar-refractivity contribution in [3.63, 3.8) is 0 Å². The zero-order chi connectivity index (χ0) is 13.1. The number of carbonyl (C=O) groups excluding carboxylic acids is 1. The molecule has 1 aromatic rings. The van der Waals surface area contributed by atoms with Gasteiger partial charge in [-0.05, 0) is 38.3 Å². The van der Waals surface area contributed by atoms with Gasteiger partial charge < -0.3 is 4.90 Å². The lowest BCUT2D eigenvalue weighted by Crippen LogP contribution is -2.29. The molecule has 0 bridgehead atoms. The van der Waals surface area contributed by atoms with Gasteiger partial charge in [-0.2, -0.15) is 0 Å². The molecule has 0 saturated heterocycles. The first-order valence-electron chi connectivity index (χ1n) is 6.89. The number of hydrogen-bond donors (Lipinski definition) is 0. The van der Waals surface area contributed by atoms with Crippen LogP contribution in [0.15, 0.2) is 18.2 Å². The van der Waals surface area contributed by atoms with Crippen LogP contribution in [-0.2, 0) is 4.79 Å². The molecule has 0 unspecified atom stereocenters. The third-order valence-electron chi connectivity index (χ3n) is 3.97. The smallest absolute Gasteiger partial charge is 0.155 e. The topological polar surface area (TPSA) is 20.3 Å². The van der Waals surface area contributed by atoms with Crippen LogP contribution in [0.2, 0.25) is 0 Å². The summed E-state index contributed by atoms with van der Waals surface area (Å²) in [5, 5.41) is 0. The third kappa shape index (κ3) is 2.92. The molecule has 0 spiro atoms. The van der Waals surface area contributed by atoms with Crippen LogP contribution >= 0.6 is 0 Å². The summed E-state index contributed by atoms with van der Waals surface area (Å²) in [5.74, 6) is 0.730. The number of carbonyl (C=O) groups is 1. The Balaban J connectivity index is 2.02. The van der Waals surface area contributed by atoms with E-state index in [0.29, 0.717) is 18.2 Å². The van der Waals surface area contributed by atoms with Crippen molar-refractivity contribution >= 4 is 11.5 Å². The van der Waals surface area contributed by atoms with Gasteiger partial charge >= 0.3 is 0 Å². The minimum absolute atomic E-state index is 0.318. The van der Waals surface area contributed by atoms with Crippen LogP contribution in [-0.4, -0.2) is 19.4 Å². The van der Waals surface area contributed by atoms with E-state index in [1.54, 1.807) is 0 Å². The van der Waals surface area contributed by atoms with Crippen molar-refractivity contribution in [2.45, 2.75) is 39.5 Å². The highest BCUT2D eigenvalue weighted by atomic mass is 16.1. The number of nitrogens with zero attached hydrogens (tertiary/aromatic N) is 1. The summed E-state index contributed by atoms with van der Waals surface area (Å²) in [7, 11) is 2.02. The number of ketones is 1. The van der Waals surface area contributed by atoms with Gasteiger partial charge in [0.05, 0.1) is 6.54 Å². The second-order valence-corrected chi connectivity index (χ2v) is 5.59. The van der Waals surface area contributed by atoms with Crippen molar-refractivity contribution < 1.29 is 4.79 Å². The monoisotopic (exact) mass is 245 g/mol. The molecule has 2 heteroatoms. The molecule has 1 saturated carbocycles. The SMILES string of the molecule is Cc1ccc(N(C)CC(=O)C2CCCC2)c(C)c1. The molecule has 1 aliphatic carbocycles. The van der Waals surface area contributed by atoms with Crippen molar-refractivity contribution in [3.05, 3.63) is 29.3 Å². The van der Waals surface area contributed by atoms with Gasteiger partial charge in [0.2, 0.25) is 0 Å². The van der Waals surface area contributed by atoms with Gasteiger partial charge in [0.15, 0.2) is 5.78 Å². The van der Waals surface area contributed by atoms with Crippen molar-refractivity contribution in [3.8, 4) is 0 Å². The van der Waals surface area contributed by atoms with E-state index in [1.165, 1.54) is 29.7 Å². The second kappa shape index (κ2) is 5.55. The van der Waals surface area contributed by atoms with Gasteiger partial charge in [-0.3, -0.25) is 4.79 Å². The van der Waals surface area contributed by atoms with Crippen molar-refractivity contribution in [2.24, 2.45) is 5.92 Å². The van der Waals surface area contributed by atoms with Gasteiger partial charge in [-0.15, -0.1) is 0 Å². The molecule has 0 aromatic heterocycles. The molecule has 0 heterocycles. The predicted molar refractivity (Wildman–Crippen MR) is 76.2 cm³/mol. The Morgan fingerprint density at radius 1 is 1.28 bits per heavy atom. The van der Waals surface area contributed by atoms with Crippen molar-refractivity contribution in [2.75, 3.05) is 18.5 Å². The minimum atomic E-state index is 0.318. The lowest BCUT2D eigenvalue weighted by atomic mass is 10.0. The summed E-state index contributed by atoms with van der Waals surface area (Å²) in [4.78, 5) is 14.3. The summed E-state index contributed by atoms with van der Waals surface area (Å²) in [6, 6.07) is 6.40. The minimum Gasteiger partial charge on any atom is -0.367 e. The molecule has 2 rings (SSSR count). The summed E-state index contributed by atoms with van der Waals surface area (Å²) < 4.78 is 0. The number of rotatable bonds is 4. The van der Waals surface area contributed by atoms with E-state index in [1.807, 2.05) is 7.05 Å². The van der Waals surface area contributed by atoms with Crippen LogP contribution in [0, 0.1) is 19.8 Å². The molecular formula is C16H23NO. The van der Waals surface area contributed by atoms with Gasteiger partial charge in [-0.1, -0.05) is 30.5 Å². The number of hydrogen-bond acceptors (Lipinski definition) is 2. The van der Waals surface area contributed by atoms with Crippen LogP contribution in [0.5, 0.6) is 0 Å². The normalized spacial score (nSPS) is 15.9. The average molecular weight is 245 g/mol. The first-order chi connectivity index (χ1) is 8.58. The number of anilines is 1. The molecule has 98 valence electrons. The van der Waals surface area contributed by atoms with Crippen LogP contribution < -0.4 is 4.90 Å². The highest BCUT2D eigenvalue weighted by Crippen LogP contribution is 2.27. The zero-order valence-electron chi connectivity index (χ0n) is 11.7. The molecule has 0 N–H and O–H groups in total. The van der Waals surface area contributed by atoms with E-state index in [4.69, 9.17) is 0 Å². The first-order valence-corrected chi connectivity index (χ1v) is 6.89. The largest absolute Gasteiger partial charge is 0.367 e. The summed E-state index contributed by atoms with van der Waals surface area (Å²) in [6.45, 7) is 4.76. The molecule has 1 fully saturated rings. The molecule has 0 amide bonds. The Hall–Kier alpha value is -1.31. The average Bonchev–Trinajstić information content (AvgIpc) is 2.81. The van der Waals surface area contributed by atoms with E-state index in [2.05, 4.69) is 36.9 Å². The highest BCUT2D eigenvalue weighted by Gasteiger charge is 2.23. The molecule has 0 radical (unpaired) electrons. The standard InChI is InChI=1S/C16H23NO/c1-12-8-9-15(13(2)10-12)17(3)11-16(18)14-6-4-5-7-14/h8-10,14H,4-7,11H2,1-3H3. The van der Waals surface area contributed by atoms with Crippen LogP contribution in [0.25, 0.3) is 0 Å². The maximum absolute atomic E-state index is 12.2. The van der Waals surface area contributed by atoms with Crippen LogP contribution in [0.3, 0.4) is 0 Å². The summed E-state index contributed by atoms with van der Waals surface area (Å²) in [6.07, 6.45) is 4.65. The summed E-state index contributed by atoms with van der Waals surface area (Å²) in [5.41, 5.74) is 3.69. The maximum Gasteiger partial charge on any atom is 0.155 e. The molecular weight excluding hydrogens is 222 g/mol. The molecule has 1 aromatic carbocycles. The highest BCUT2D eigenvalue weighted by molar-refractivity contribution is 5.86. The zero-order valence-corrected chi connectivity index (χ0v) is 11.7. The lowest BCUT2D eigenvalue weighted by molar-refractivity contribution is -0.121. The molecule has 18 heavy (non-hydrogen) atoms. The third-order valence-corrected chi connectivity index (χ3v) is 3.97. The maximum atomic E-state index is 12.2. The molecule has 1 aliphatic rings. The van der Waals surface area contributed by atoms with E-state index < -0.39 is 0 Å². The van der Waals surface area contributed by atoms with E-state index in [-0.39, 0.29) is 0 Å². The van der Waals surface area contributed by atoms with Crippen molar-refractivity contribution in [1.29, 1.82) is 0 Å². The Kier molecular flexibility index (Phi) is 4.05. The predicted octanol–water partition coefficient (Wildman–Crippen LogP) is 3.50. The number of Topliss-reactive ketones (excluding diaryl/α,β-unsaturated/α-hetero) is 1. The quantitative estimate of drug-likeness (QED) is 0.809. The van der Waals surface area contributed by atoms with Gasteiger partial charge in [0, 0.05) is 18.7 Å². The Morgan fingerprint density at radius 3 is 2.56 bits per heavy atom. The Bertz CT molecular complexity index is 433. The van der Waals surface area contributed by atoms with E-state index in [9.17, 15) is 4.79 Å². The number of aryl methyl sites for hydroxylation is 2. The number of benzene rings is 1. The lowest BCUT2D eigenvalue weighted by Gasteiger charge is -2.22. The molecule has 0 atom stereocenters. The van der Waals surface area contributed by atoms with Crippen LogP contribution in [0.4, 0.5) is 5.69 Å². The second-order valence-electron chi connectivity index (χ2n) is 5.59. The van der Waals surface area contributed by atoms with E-state index >= 15 is 0 Å².